The van der Waals surface area contributed by atoms with Crippen LogP contribution in [-0.4, -0.2) is 7.11 Å². The van der Waals surface area contributed by atoms with Crippen LogP contribution in [0.5, 0.6) is 5.75 Å². The lowest BCUT2D eigenvalue weighted by Crippen LogP contribution is -2.39. The second-order valence-corrected chi connectivity index (χ2v) is 6.15. The summed E-state index contributed by atoms with van der Waals surface area (Å²) in [5.74, 6) is 1.01. The maximum absolute atomic E-state index is 5.60. The maximum Gasteiger partial charge on any atom is 0.223 e. The minimum atomic E-state index is 0.906. The van der Waals surface area contributed by atoms with Crippen LogP contribution in [0.15, 0.2) is 48.7 Å². The Bertz CT molecular complexity index is 565. The predicted molar refractivity (Wildman–Crippen MR) is 95.8 cm³/mol. The maximum atomic E-state index is 5.60. The molecule has 1 aromatic heterocycles. The van der Waals surface area contributed by atoms with Crippen LogP contribution in [0.4, 0.5) is 0 Å². The number of pyridine rings is 1. The van der Waals surface area contributed by atoms with Crippen LogP contribution in [0, 0.1) is 0 Å². The summed E-state index contributed by atoms with van der Waals surface area (Å²) in [5, 5.41) is 0. The number of unbranched alkanes of at least 4 members (excludes halogenated alkanes) is 5. The minimum absolute atomic E-state index is 0.906. The standard InChI is InChI=1S/C21H30NO/c1-3-4-5-6-7-11-15-20-21(23-2)16-12-17-22(20)18-19-13-9-8-10-14-19/h8-10,12-14,16-17H,3-7,11,15,18H2,1-2H3/q+1. The van der Waals surface area contributed by atoms with E-state index in [1.165, 1.54) is 49.8 Å². The van der Waals surface area contributed by atoms with E-state index in [-0.39, 0.29) is 0 Å². The van der Waals surface area contributed by atoms with Crippen molar-refractivity contribution < 1.29 is 9.30 Å². The first-order valence-electron chi connectivity index (χ1n) is 8.94. The van der Waals surface area contributed by atoms with Gasteiger partial charge in [-0.2, -0.15) is 4.57 Å². The predicted octanol–water partition coefficient (Wildman–Crippen LogP) is 4.93. The fraction of sp³-hybridized carbons (Fsp3) is 0.476. The van der Waals surface area contributed by atoms with Gasteiger partial charge in [-0.1, -0.05) is 69.4 Å². The van der Waals surface area contributed by atoms with E-state index in [0.29, 0.717) is 0 Å². The first kappa shape index (κ1) is 17.5. The van der Waals surface area contributed by atoms with Crippen LogP contribution < -0.4 is 9.30 Å². The molecule has 0 fully saturated rings. The Hall–Kier alpha value is -1.83. The molecular weight excluding hydrogens is 282 g/mol. The average molecular weight is 312 g/mol. The zero-order valence-electron chi connectivity index (χ0n) is 14.6. The summed E-state index contributed by atoms with van der Waals surface area (Å²) >= 11 is 0. The summed E-state index contributed by atoms with van der Waals surface area (Å²) in [6, 6.07) is 14.8. The molecule has 0 aliphatic rings. The number of hydrogen-bond acceptors (Lipinski definition) is 1. The highest BCUT2D eigenvalue weighted by atomic mass is 16.5. The molecular formula is C21H30NO+. The lowest BCUT2D eigenvalue weighted by molar-refractivity contribution is -0.696. The third kappa shape index (κ3) is 5.70. The Labute approximate surface area is 141 Å². The first-order valence-corrected chi connectivity index (χ1v) is 8.94. The molecule has 0 N–H and O–H groups in total. The third-order valence-electron chi connectivity index (χ3n) is 4.33. The van der Waals surface area contributed by atoms with Crippen molar-refractivity contribution in [1.29, 1.82) is 0 Å². The molecule has 0 unspecified atom stereocenters. The summed E-state index contributed by atoms with van der Waals surface area (Å²) in [4.78, 5) is 0. The van der Waals surface area contributed by atoms with Gasteiger partial charge in [0.1, 0.15) is 0 Å². The van der Waals surface area contributed by atoms with Gasteiger partial charge in [-0.3, -0.25) is 0 Å². The summed E-state index contributed by atoms with van der Waals surface area (Å²) in [5.41, 5.74) is 2.64. The number of aromatic nitrogens is 1. The van der Waals surface area contributed by atoms with E-state index in [2.05, 4.69) is 60.2 Å². The summed E-state index contributed by atoms with van der Waals surface area (Å²) in [7, 11) is 1.77. The SMILES string of the molecule is CCCCCCCCc1c(OC)ccc[n+]1Cc1ccccc1. The molecule has 0 bridgehead atoms. The number of nitrogens with zero attached hydrogens (tertiary/aromatic N) is 1. The van der Waals surface area contributed by atoms with Gasteiger partial charge in [-0.15, -0.1) is 0 Å². The summed E-state index contributed by atoms with van der Waals surface area (Å²) < 4.78 is 7.93. The molecule has 0 aliphatic carbocycles. The molecule has 0 spiro atoms. The molecule has 0 amide bonds. The van der Waals surface area contributed by atoms with Gasteiger partial charge in [0.2, 0.25) is 5.69 Å². The van der Waals surface area contributed by atoms with Crippen molar-refractivity contribution in [3.8, 4) is 5.75 Å². The molecule has 0 aliphatic heterocycles. The Kier molecular flexibility index (Phi) is 7.65. The van der Waals surface area contributed by atoms with Gasteiger partial charge < -0.3 is 4.74 Å². The van der Waals surface area contributed by atoms with E-state index in [9.17, 15) is 0 Å². The molecule has 2 aromatic rings. The molecule has 2 rings (SSSR count). The number of hydrogen-bond donors (Lipinski definition) is 0. The fourth-order valence-electron chi connectivity index (χ4n) is 3.02. The van der Waals surface area contributed by atoms with Crippen molar-refractivity contribution >= 4 is 0 Å². The zero-order valence-corrected chi connectivity index (χ0v) is 14.6. The second kappa shape index (κ2) is 10.0. The van der Waals surface area contributed by atoms with Gasteiger partial charge in [0.05, 0.1) is 7.11 Å². The zero-order chi connectivity index (χ0) is 16.3. The number of benzene rings is 1. The average Bonchev–Trinajstić information content (AvgIpc) is 2.59. The second-order valence-electron chi connectivity index (χ2n) is 6.15. The molecule has 1 aromatic carbocycles. The van der Waals surface area contributed by atoms with Crippen molar-refractivity contribution in [3.63, 3.8) is 0 Å². The van der Waals surface area contributed by atoms with Crippen LogP contribution in [0.2, 0.25) is 0 Å². The van der Waals surface area contributed by atoms with E-state index in [4.69, 9.17) is 4.74 Å². The van der Waals surface area contributed by atoms with Gasteiger partial charge in [0.15, 0.2) is 18.5 Å². The molecule has 124 valence electrons. The number of rotatable bonds is 10. The van der Waals surface area contributed by atoms with Crippen LogP contribution in [0.1, 0.15) is 56.7 Å². The van der Waals surface area contributed by atoms with E-state index < -0.39 is 0 Å². The highest BCUT2D eigenvalue weighted by Gasteiger charge is 2.16. The molecule has 1 heterocycles. The van der Waals surface area contributed by atoms with Gasteiger partial charge in [-0.25, -0.2) is 0 Å². The van der Waals surface area contributed by atoms with Crippen molar-refractivity contribution in [2.45, 2.75) is 58.4 Å². The van der Waals surface area contributed by atoms with Crippen LogP contribution in [-0.2, 0) is 13.0 Å². The van der Waals surface area contributed by atoms with E-state index in [1.54, 1.807) is 7.11 Å². The van der Waals surface area contributed by atoms with Crippen LogP contribution in [0.25, 0.3) is 0 Å². The van der Waals surface area contributed by atoms with Gasteiger partial charge in [0.25, 0.3) is 0 Å². The van der Waals surface area contributed by atoms with Crippen LogP contribution >= 0.6 is 0 Å². The minimum Gasteiger partial charge on any atom is -0.491 e. The highest BCUT2D eigenvalue weighted by molar-refractivity contribution is 5.23. The highest BCUT2D eigenvalue weighted by Crippen LogP contribution is 2.17. The molecule has 0 atom stereocenters. The quantitative estimate of drug-likeness (QED) is 0.447. The normalized spacial score (nSPS) is 10.7. The lowest BCUT2D eigenvalue weighted by Gasteiger charge is -2.09. The van der Waals surface area contributed by atoms with Gasteiger partial charge >= 0.3 is 0 Å². The molecule has 0 radical (unpaired) electrons. The largest absolute Gasteiger partial charge is 0.491 e. The number of ether oxygens (including phenoxy) is 1. The van der Waals surface area contributed by atoms with Crippen molar-refractivity contribution in [3.05, 3.63) is 59.9 Å². The van der Waals surface area contributed by atoms with E-state index >= 15 is 0 Å². The van der Waals surface area contributed by atoms with E-state index in [1.807, 2.05) is 0 Å². The molecule has 0 saturated carbocycles. The Morgan fingerprint density at radius 2 is 1.61 bits per heavy atom. The molecule has 2 heteroatoms. The van der Waals surface area contributed by atoms with Gasteiger partial charge in [-0.05, 0) is 12.5 Å². The Morgan fingerprint density at radius 3 is 2.35 bits per heavy atom. The van der Waals surface area contributed by atoms with Crippen molar-refractivity contribution in [1.82, 2.24) is 0 Å². The van der Waals surface area contributed by atoms with Gasteiger partial charge in [0, 0.05) is 18.1 Å². The Morgan fingerprint density at radius 1 is 0.870 bits per heavy atom. The number of methoxy groups -OCH3 is 1. The monoisotopic (exact) mass is 312 g/mol. The van der Waals surface area contributed by atoms with Crippen LogP contribution in [0.3, 0.4) is 0 Å². The smallest absolute Gasteiger partial charge is 0.223 e. The Balaban J connectivity index is 2.01. The first-order chi connectivity index (χ1) is 11.3. The summed E-state index contributed by atoms with van der Waals surface area (Å²) in [6.45, 7) is 3.17. The molecule has 2 nitrogen and oxygen atoms in total. The third-order valence-corrected chi connectivity index (χ3v) is 4.33. The van der Waals surface area contributed by atoms with Crippen molar-refractivity contribution in [2.75, 3.05) is 7.11 Å². The molecule has 0 saturated heterocycles. The lowest BCUT2D eigenvalue weighted by atomic mass is 10.1. The fourth-order valence-corrected chi connectivity index (χ4v) is 3.02. The van der Waals surface area contributed by atoms with E-state index in [0.717, 1.165) is 18.7 Å². The van der Waals surface area contributed by atoms with Crippen molar-refractivity contribution in [2.24, 2.45) is 0 Å². The topological polar surface area (TPSA) is 13.1 Å². The molecule has 23 heavy (non-hydrogen) atoms. The summed E-state index contributed by atoms with van der Waals surface area (Å²) in [6.07, 6.45) is 11.2.